The minimum atomic E-state index is -0.336. The first-order chi connectivity index (χ1) is 4.83. The number of ether oxygens (including phenoxy) is 2. The SMILES string of the molecule is COC(=O)/C=C1\CCCO1. The Morgan fingerprint density at radius 2 is 2.60 bits per heavy atom. The van der Waals surface area contributed by atoms with E-state index in [0.717, 1.165) is 25.2 Å². The molecule has 10 heavy (non-hydrogen) atoms. The summed E-state index contributed by atoms with van der Waals surface area (Å²) in [6.45, 7) is 0.725. The summed E-state index contributed by atoms with van der Waals surface area (Å²) >= 11 is 0. The average molecular weight is 142 g/mol. The Bertz CT molecular complexity index is 152. The quantitative estimate of drug-likeness (QED) is 0.402. The number of hydrogen-bond donors (Lipinski definition) is 0. The van der Waals surface area contributed by atoms with Crippen molar-refractivity contribution in [1.82, 2.24) is 0 Å². The second-order valence-electron chi connectivity index (χ2n) is 2.09. The summed E-state index contributed by atoms with van der Waals surface area (Å²) in [4.78, 5) is 10.6. The van der Waals surface area contributed by atoms with Crippen molar-refractivity contribution in [3.05, 3.63) is 11.8 Å². The van der Waals surface area contributed by atoms with Crippen molar-refractivity contribution in [2.45, 2.75) is 12.8 Å². The summed E-state index contributed by atoms with van der Waals surface area (Å²) in [6.07, 6.45) is 3.25. The molecule has 3 heteroatoms. The minimum absolute atomic E-state index is 0.336. The average Bonchev–Trinajstić information content (AvgIpc) is 2.40. The predicted molar refractivity (Wildman–Crippen MR) is 35.3 cm³/mol. The maximum Gasteiger partial charge on any atom is 0.333 e. The Labute approximate surface area is 59.6 Å². The molecular formula is C7H10O3. The number of rotatable bonds is 1. The zero-order valence-electron chi connectivity index (χ0n) is 5.92. The molecule has 0 saturated carbocycles. The molecule has 1 rings (SSSR count). The van der Waals surface area contributed by atoms with Crippen LogP contribution in [0.2, 0.25) is 0 Å². The van der Waals surface area contributed by atoms with E-state index in [-0.39, 0.29) is 5.97 Å². The van der Waals surface area contributed by atoms with Gasteiger partial charge in [0.25, 0.3) is 0 Å². The number of carbonyl (C=O) groups is 1. The lowest BCUT2D eigenvalue weighted by Gasteiger charge is -1.95. The molecule has 1 heterocycles. The van der Waals surface area contributed by atoms with Crippen molar-refractivity contribution < 1.29 is 14.3 Å². The molecule has 0 spiro atoms. The lowest BCUT2D eigenvalue weighted by molar-refractivity contribution is -0.135. The molecule has 1 saturated heterocycles. The fraction of sp³-hybridized carbons (Fsp3) is 0.571. The van der Waals surface area contributed by atoms with Gasteiger partial charge in [0, 0.05) is 6.42 Å². The van der Waals surface area contributed by atoms with Crippen molar-refractivity contribution in [3.63, 3.8) is 0 Å². The number of methoxy groups -OCH3 is 1. The van der Waals surface area contributed by atoms with E-state index in [1.165, 1.54) is 13.2 Å². The highest BCUT2D eigenvalue weighted by Crippen LogP contribution is 2.15. The fourth-order valence-corrected chi connectivity index (χ4v) is 0.826. The molecule has 1 aliphatic rings. The first-order valence-electron chi connectivity index (χ1n) is 3.24. The first kappa shape index (κ1) is 7.12. The van der Waals surface area contributed by atoms with Crippen molar-refractivity contribution in [1.29, 1.82) is 0 Å². The van der Waals surface area contributed by atoms with E-state index in [9.17, 15) is 4.79 Å². The van der Waals surface area contributed by atoms with Crippen LogP contribution in [-0.2, 0) is 14.3 Å². The smallest absolute Gasteiger partial charge is 0.333 e. The summed E-state index contributed by atoms with van der Waals surface area (Å²) in [5.74, 6) is 0.406. The lowest BCUT2D eigenvalue weighted by atomic mass is 10.3. The van der Waals surface area contributed by atoms with Gasteiger partial charge in [0.1, 0.15) is 5.76 Å². The van der Waals surface area contributed by atoms with Crippen molar-refractivity contribution in [2.75, 3.05) is 13.7 Å². The van der Waals surface area contributed by atoms with Crippen LogP contribution in [-0.4, -0.2) is 19.7 Å². The maximum absolute atomic E-state index is 10.6. The van der Waals surface area contributed by atoms with Gasteiger partial charge < -0.3 is 9.47 Å². The van der Waals surface area contributed by atoms with E-state index in [0.29, 0.717) is 0 Å². The Hall–Kier alpha value is -0.990. The van der Waals surface area contributed by atoms with E-state index in [1.807, 2.05) is 0 Å². The van der Waals surface area contributed by atoms with Gasteiger partial charge in [-0.15, -0.1) is 0 Å². The highest BCUT2D eigenvalue weighted by molar-refractivity contribution is 5.82. The summed E-state index contributed by atoms with van der Waals surface area (Å²) in [7, 11) is 1.36. The molecular weight excluding hydrogens is 132 g/mol. The summed E-state index contributed by atoms with van der Waals surface area (Å²) in [6, 6.07) is 0. The van der Waals surface area contributed by atoms with Gasteiger partial charge in [-0.1, -0.05) is 0 Å². The number of esters is 1. The van der Waals surface area contributed by atoms with Crippen LogP contribution in [0.1, 0.15) is 12.8 Å². The molecule has 0 N–H and O–H groups in total. The second-order valence-corrected chi connectivity index (χ2v) is 2.09. The zero-order valence-corrected chi connectivity index (χ0v) is 5.92. The maximum atomic E-state index is 10.6. The normalized spacial score (nSPS) is 20.7. The molecule has 0 aliphatic carbocycles. The molecule has 1 fully saturated rings. The third-order valence-electron chi connectivity index (χ3n) is 1.33. The zero-order chi connectivity index (χ0) is 7.40. The Kier molecular flexibility index (Phi) is 2.31. The van der Waals surface area contributed by atoms with Crippen LogP contribution in [0.3, 0.4) is 0 Å². The molecule has 0 bridgehead atoms. The van der Waals surface area contributed by atoms with E-state index < -0.39 is 0 Å². The van der Waals surface area contributed by atoms with Gasteiger partial charge in [-0.25, -0.2) is 4.79 Å². The molecule has 0 amide bonds. The van der Waals surface area contributed by atoms with E-state index in [1.54, 1.807) is 0 Å². The van der Waals surface area contributed by atoms with Gasteiger partial charge in [0.15, 0.2) is 0 Å². The highest BCUT2D eigenvalue weighted by atomic mass is 16.5. The van der Waals surface area contributed by atoms with Gasteiger partial charge in [0.05, 0.1) is 19.8 Å². The van der Waals surface area contributed by atoms with Gasteiger partial charge >= 0.3 is 5.97 Å². The molecule has 0 unspecified atom stereocenters. The van der Waals surface area contributed by atoms with Crippen molar-refractivity contribution in [3.8, 4) is 0 Å². The molecule has 0 aromatic heterocycles. The van der Waals surface area contributed by atoms with E-state index in [2.05, 4.69) is 4.74 Å². The van der Waals surface area contributed by atoms with Crippen LogP contribution in [0.4, 0.5) is 0 Å². The lowest BCUT2D eigenvalue weighted by Crippen LogP contribution is -1.96. The van der Waals surface area contributed by atoms with Crippen molar-refractivity contribution >= 4 is 5.97 Å². The summed E-state index contributed by atoms with van der Waals surface area (Å²) < 4.78 is 9.50. The monoisotopic (exact) mass is 142 g/mol. The van der Waals surface area contributed by atoms with Gasteiger partial charge in [-0.2, -0.15) is 0 Å². The van der Waals surface area contributed by atoms with Crippen LogP contribution < -0.4 is 0 Å². The number of carbonyl (C=O) groups excluding carboxylic acids is 1. The Balaban J connectivity index is 2.45. The summed E-state index contributed by atoms with van der Waals surface area (Å²) in [5.41, 5.74) is 0. The van der Waals surface area contributed by atoms with Crippen LogP contribution in [0.5, 0.6) is 0 Å². The Morgan fingerprint density at radius 1 is 1.80 bits per heavy atom. The van der Waals surface area contributed by atoms with Crippen molar-refractivity contribution in [2.24, 2.45) is 0 Å². The van der Waals surface area contributed by atoms with Crippen LogP contribution in [0.15, 0.2) is 11.8 Å². The largest absolute Gasteiger partial charge is 0.498 e. The fourth-order valence-electron chi connectivity index (χ4n) is 0.826. The van der Waals surface area contributed by atoms with Crippen LogP contribution in [0, 0.1) is 0 Å². The van der Waals surface area contributed by atoms with Gasteiger partial charge in [-0.3, -0.25) is 0 Å². The van der Waals surface area contributed by atoms with Gasteiger partial charge in [0.2, 0.25) is 0 Å². The first-order valence-corrected chi connectivity index (χ1v) is 3.24. The standard InChI is InChI=1S/C7H10O3/c1-9-7(8)5-6-3-2-4-10-6/h5H,2-4H2,1H3/b6-5+. The van der Waals surface area contributed by atoms with Crippen LogP contribution in [0.25, 0.3) is 0 Å². The summed E-state index contributed by atoms with van der Waals surface area (Å²) in [5, 5.41) is 0. The van der Waals surface area contributed by atoms with Gasteiger partial charge in [-0.05, 0) is 6.42 Å². The predicted octanol–water partition coefficient (Wildman–Crippen LogP) is 0.854. The third kappa shape index (κ3) is 1.76. The van der Waals surface area contributed by atoms with E-state index >= 15 is 0 Å². The molecule has 0 radical (unpaired) electrons. The number of allylic oxidation sites excluding steroid dienone is 1. The molecule has 0 aromatic carbocycles. The van der Waals surface area contributed by atoms with E-state index in [4.69, 9.17) is 4.74 Å². The molecule has 1 aliphatic heterocycles. The minimum Gasteiger partial charge on any atom is -0.498 e. The second kappa shape index (κ2) is 3.25. The topological polar surface area (TPSA) is 35.5 Å². The third-order valence-corrected chi connectivity index (χ3v) is 1.33. The number of hydrogen-bond acceptors (Lipinski definition) is 3. The molecule has 0 aromatic rings. The molecule has 3 nitrogen and oxygen atoms in total. The van der Waals surface area contributed by atoms with Crippen LogP contribution >= 0.6 is 0 Å². The Morgan fingerprint density at radius 3 is 3.10 bits per heavy atom. The molecule has 56 valence electrons. The molecule has 0 atom stereocenters. The highest BCUT2D eigenvalue weighted by Gasteiger charge is 2.08.